The molecule has 0 atom stereocenters. The first kappa shape index (κ1) is 20.1. The minimum absolute atomic E-state index is 0.159. The molecule has 0 bridgehead atoms. The van der Waals surface area contributed by atoms with Gasteiger partial charge in [0.2, 0.25) is 6.79 Å². The van der Waals surface area contributed by atoms with Crippen molar-refractivity contribution in [3.05, 3.63) is 48.0 Å². The number of nitrogens with zero attached hydrogens (tertiary/aromatic N) is 2. The number of hydrogen-bond acceptors (Lipinski definition) is 6. The summed E-state index contributed by atoms with van der Waals surface area (Å²) in [5.41, 5.74) is 3.44. The summed E-state index contributed by atoms with van der Waals surface area (Å²) in [5, 5.41) is 6.87. The Morgan fingerprint density at radius 3 is 2.63 bits per heavy atom. The molecule has 2 aromatic rings. The van der Waals surface area contributed by atoms with Gasteiger partial charge in [-0.2, -0.15) is 0 Å². The van der Waals surface area contributed by atoms with E-state index in [4.69, 9.17) is 14.3 Å². The van der Waals surface area contributed by atoms with Crippen molar-refractivity contribution in [2.45, 2.75) is 26.7 Å². The minimum Gasteiger partial charge on any atom is -0.454 e. The average Bonchev–Trinajstić information content (AvgIpc) is 3.23. The van der Waals surface area contributed by atoms with Gasteiger partial charge >= 0.3 is 0 Å². The molecule has 0 saturated carbocycles. The molecule has 2 aliphatic heterocycles. The van der Waals surface area contributed by atoms with Gasteiger partial charge in [0.05, 0.1) is 5.71 Å². The molecule has 7 nitrogen and oxygen atoms in total. The van der Waals surface area contributed by atoms with E-state index in [0.29, 0.717) is 17.2 Å². The van der Waals surface area contributed by atoms with Crippen LogP contribution < -0.4 is 19.7 Å². The van der Waals surface area contributed by atoms with E-state index < -0.39 is 0 Å². The zero-order chi connectivity index (χ0) is 20.9. The van der Waals surface area contributed by atoms with Crippen LogP contribution in [0.25, 0.3) is 0 Å². The van der Waals surface area contributed by atoms with E-state index in [2.05, 4.69) is 22.3 Å². The van der Waals surface area contributed by atoms with Gasteiger partial charge in [0.25, 0.3) is 5.91 Å². The summed E-state index contributed by atoms with van der Waals surface area (Å²) >= 11 is 0. The molecule has 0 unspecified atom stereocenters. The van der Waals surface area contributed by atoms with E-state index in [1.165, 1.54) is 18.5 Å². The Bertz CT molecular complexity index is 919. The molecule has 0 aliphatic carbocycles. The van der Waals surface area contributed by atoms with E-state index in [9.17, 15) is 4.79 Å². The lowest BCUT2D eigenvalue weighted by molar-refractivity contribution is -0.120. The van der Waals surface area contributed by atoms with Gasteiger partial charge < -0.3 is 24.5 Å². The molecule has 1 saturated heterocycles. The molecule has 0 radical (unpaired) electrons. The fourth-order valence-corrected chi connectivity index (χ4v) is 3.58. The lowest BCUT2D eigenvalue weighted by Crippen LogP contribution is -2.32. The van der Waals surface area contributed by atoms with Crippen LogP contribution in [0.1, 0.15) is 32.3 Å². The summed E-state index contributed by atoms with van der Waals surface area (Å²) in [6.07, 6.45) is 2.45. The fourth-order valence-electron chi connectivity index (χ4n) is 3.58. The summed E-state index contributed by atoms with van der Waals surface area (Å²) in [5.74, 6) is 1.95. The molecule has 30 heavy (non-hydrogen) atoms. The summed E-state index contributed by atoms with van der Waals surface area (Å²) < 4.78 is 10.7. The van der Waals surface area contributed by atoms with Crippen molar-refractivity contribution >= 4 is 23.0 Å². The Morgan fingerprint density at radius 2 is 1.87 bits per heavy atom. The van der Waals surface area contributed by atoms with Crippen molar-refractivity contribution in [1.29, 1.82) is 0 Å². The average molecular weight is 409 g/mol. The molecule has 0 aromatic heterocycles. The number of ether oxygens (including phenoxy) is 2. The number of rotatable bonds is 6. The predicted octanol–water partition coefficient (Wildman–Crippen LogP) is 4.03. The van der Waals surface area contributed by atoms with Crippen LogP contribution in [0.3, 0.4) is 0 Å². The lowest BCUT2D eigenvalue weighted by atomic mass is 9.99. The van der Waals surface area contributed by atoms with Crippen molar-refractivity contribution in [2.24, 2.45) is 11.1 Å². The molecule has 2 heterocycles. The van der Waals surface area contributed by atoms with Gasteiger partial charge in [0.15, 0.2) is 18.1 Å². The molecule has 1 amide bonds. The zero-order valence-electron chi connectivity index (χ0n) is 17.4. The monoisotopic (exact) mass is 409 g/mol. The molecule has 0 spiro atoms. The van der Waals surface area contributed by atoms with Crippen molar-refractivity contribution in [3.8, 4) is 11.5 Å². The van der Waals surface area contributed by atoms with Gasteiger partial charge in [-0.25, -0.2) is 0 Å². The Hall–Kier alpha value is -3.22. The van der Waals surface area contributed by atoms with Gasteiger partial charge in [-0.1, -0.05) is 12.1 Å². The third-order valence-electron chi connectivity index (χ3n) is 5.49. The van der Waals surface area contributed by atoms with E-state index in [1.807, 2.05) is 49.4 Å². The number of piperidine rings is 1. The first-order valence-corrected chi connectivity index (χ1v) is 10.3. The van der Waals surface area contributed by atoms with Crippen LogP contribution in [-0.4, -0.2) is 38.1 Å². The molecule has 4 rings (SSSR count). The Balaban J connectivity index is 1.26. The van der Waals surface area contributed by atoms with Crippen LogP contribution >= 0.6 is 0 Å². The number of anilines is 2. The highest BCUT2D eigenvalue weighted by Crippen LogP contribution is 2.32. The molecule has 2 aliphatic rings. The number of benzene rings is 2. The maximum Gasteiger partial charge on any atom is 0.265 e. The summed E-state index contributed by atoms with van der Waals surface area (Å²) in [6.45, 7) is 6.36. The van der Waals surface area contributed by atoms with E-state index in [0.717, 1.165) is 30.3 Å². The quantitative estimate of drug-likeness (QED) is 0.576. The first-order chi connectivity index (χ1) is 14.6. The lowest BCUT2D eigenvalue weighted by Gasteiger charge is -2.32. The third-order valence-corrected chi connectivity index (χ3v) is 5.49. The van der Waals surface area contributed by atoms with Gasteiger partial charge in [-0.05, 0) is 68.1 Å². The van der Waals surface area contributed by atoms with Crippen LogP contribution in [-0.2, 0) is 9.63 Å². The van der Waals surface area contributed by atoms with Gasteiger partial charge in [-0.15, -0.1) is 0 Å². The standard InChI is InChI=1S/C23H27N3O4/c1-16-9-11-26(12-10-16)20-6-4-19(5-7-20)24-23(27)14-30-25-17(2)18-3-8-21-22(13-18)29-15-28-21/h3-8,13,16H,9-12,14-15H2,1-2H3,(H,24,27)/b25-17-. The smallest absolute Gasteiger partial charge is 0.265 e. The number of carbonyl (C=O) groups is 1. The number of fused-ring (bicyclic) bond motifs is 1. The molecule has 1 fully saturated rings. The Kier molecular flexibility index (Phi) is 6.07. The second kappa shape index (κ2) is 9.07. The summed E-state index contributed by atoms with van der Waals surface area (Å²) in [7, 11) is 0. The molecular formula is C23H27N3O4. The highest BCUT2D eigenvalue weighted by molar-refractivity contribution is 5.99. The van der Waals surface area contributed by atoms with E-state index in [-0.39, 0.29) is 19.3 Å². The summed E-state index contributed by atoms with van der Waals surface area (Å²) in [6, 6.07) is 13.5. The van der Waals surface area contributed by atoms with Crippen LogP contribution in [0.4, 0.5) is 11.4 Å². The fraction of sp³-hybridized carbons (Fsp3) is 0.391. The van der Waals surface area contributed by atoms with Crippen LogP contribution in [0.2, 0.25) is 0 Å². The number of oxime groups is 1. The third kappa shape index (κ3) is 4.84. The highest BCUT2D eigenvalue weighted by Gasteiger charge is 2.16. The van der Waals surface area contributed by atoms with Crippen molar-refractivity contribution in [2.75, 3.05) is 36.7 Å². The van der Waals surface area contributed by atoms with E-state index >= 15 is 0 Å². The molecule has 1 N–H and O–H groups in total. The predicted molar refractivity (Wildman–Crippen MR) is 116 cm³/mol. The highest BCUT2D eigenvalue weighted by atomic mass is 16.7. The number of hydrogen-bond donors (Lipinski definition) is 1. The maximum absolute atomic E-state index is 12.2. The normalized spacial score (nSPS) is 16.5. The number of nitrogens with one attached hydrogen (secondary N) is 1. The van der Waals surface area contributed by atoms with Crippen LogP contribution in [0, 0.1) is 5.92 Å². The van der Waals surface area contributed by atoms with E-state index in [1.54, 1.807) is 0 Å². The number of amides is 1. The van der Waals surface area contributed by atoms with Crippen molar-refractivity contribution < 1.29 is 19.1 Å². The maximum atomic E-state index is 12.2. The second-order valence-electron chi connectivity index (χ2n) is 7.78. The topological polar surface area (TPSA) is 72.4 Å². The van der Waals surface area contributed by atoms with Gasteiger partial charge in [-0.3, -0.25) is 4.79 Å². The second-order valence-corrected chi connectivity index (χ2v) is 7.78. The Labute approximate surface area is 176 Å². The first-order valence-electron chi connectivity index (χ1n) is 10.3. The molecule has 158 valence electrons. The van der Waals surface area contributed by atoms with Crippen molar-refractivity contribution in [3.63, 3.8) is 0 Å². The summed E-state index contributed by atoms with van der Waals surface area (Å²) in [4.78, 5) is 19.8. The van der Waals surface area contributed by atoms with Gasteiger partial charge in [0, 0.05) is 30.0 Å². The largest absolute Gasteiger partial charge is 0.454 e. The Morgan fingerprint density at radius 1 is 1.13 bits per heavy atom. The van der Waals surface area contributed by atoms with Crippen molar-refractivity contribution in [1.82, 2.24) is 0 Å². The SMILES string of the molecule is C/C(=N/OCC(=O)Nc1ccc(N2CCC(C)CC2)cc1)c1ccc2c(c1)OCO2. The van der Waals surface area contributed by atoms with Crippen LogP contribution in [0.15, 0.2) is 47.6 Å². The molecule has 7 heteroatoms. The molecular weight excluding hydrogens is 382 g/mol. The number of carbonyl (C=O) groups excluding carboxylic acids is 1. The zero-order valence-corrected chi connectivity index (χ0v) is 17.4. The van der Waals surface area contributed by atoms with Crippen LogP contribution in [0.5, 0.6) is 11.5 Å². The minimum atomic E-state index is -0.253. The van der Waals surface area contributed by atoms with Gasteiger partial charge in [0.1, 0.15) is 0 Å². The molecule has 2 aromatic carbocycles.